The lowest BCUT2D eigenvalue weighted by Gasteiger charge is -2.36. The van der Waals surface area contributed by atoms with Crippen LogP contribution in [0.5, 0.6) is 0 Å². The summed E-state index contributed by atoms with van der Waals surface area (Å²) in [6.07, 6.45) is 5.92. The highest BCUT2D eigenvalue weighted by Crippen LogP contribution is 2.24. The molecule has 0 saturated carbocycles. The minimum atomic E-state index is -0.291. The Labute approximate surface area is 204 Å². The number of anilines is 1. The van der Waals surface area contributed by atoms with Gasteiger partial charge in [-0.25, -0.2) is 4.79 Å². The molecule has 0 aliphatic carbocycles. The van der Waals surface area contributed by atoms with Crippen molar-refractivity contribution >= 4 is 27.6 Å². The van der Waals surface area contributed by atoms with Gasteiger partial charge in [-0.1, -0.05) is 0 Å². The number of nitrogens with one attached hydrogen (secondary N) is 1. The zero-order chi connectivity index (χ0) is 24.2. The molecule has 1 aliphatic rings. The van der Waals surface area contributed by atoms with E-state index in [1.807, 2.05) is 36.4 Å². The van der Waals surface area contributed by atoms with E-state index in [-0.39, 0.29) is 5.63 Å². The number of aromatic nitrogens is 1. The second-order valence-electron chi connectivity index (χ2n) is 9.29. The summed E-state index contributed by atoms with van der Waals surface area (Å²) in [5.74, 6) is 0. The van der Waals surface area contributed by atoms with Gasteiger partial charge in [0.2, 0.25) is 0 Å². The van der Waals surface area contributed by atoms with E-state index in [0.717, 1.165) is 62.9 Å². The van der Waals surface area contributed by atoms with Gasteiger partial charge in [-0.15, -0.1) is 0 Å². The molecule has 0 unspecified atom stereocenters. The molecule has 0 spiro atoms. The van der Waals surface area contributed by atoms with Gasteiger partial charge in [0, 0.05) is 59.9 Å². The topological polar surface area (TPSA) is 102 Å². The number of hydrogen-bond acceptors (Lipinski definition) is 6. The van der Waals surface area contributed by atoms with Crippen LogP contribution in [0.3, 0.4) is 0 Å². The largest absolute Gasteiger partial charge is 0.423 e. The molecule has 1 fully saturated rings. The Kier molecular flexibility index (Phi) is 6.84. The van der Waals surface area contributed by atoms with E-state index in [1.54, 1.807) is 0 Å². The molecule has 1 aliphatic heterocycles. The van der Waals surface area contributed by atoms with Crippen LogP contribution in [-0.2, 0) is 12.8 Å². The predicted molar refractivity (Wildman–Crippen MR) is 140 cm³/mol. The predicted octanol–water partition coefficient (Wildman–Crippen LogP) is 3.79. The van der Waals surface area contributed by atoms with E-state index in [4.69, 9.17) is 10.2 Å². The Morgan fingerprint density at radius 2 is 1.86 bits per heavy atom. The Hall–Kier alpha value is -3.60. The third-order valence-electron chi connectivity index (χ3n) is 7.01. The zero-order valence-electron chi connectivity index (χ0n) is 19.9. The lowest BCUT2D eigenvalue weighted by molar-refractivity contribution is 0.253. The lowest BCUT2D eigenvalue weighted by Crippen LogP contribution is -2.46. The first-order valence-electron chi connectivity index (χ1n) is 12.4. The monoisotopic (exact) mass is 469 g/mol. The molecule has 7 heteroatoms. The van der Waals surface area contributed by atoms with Gasteiger partial charge >= 0.3 is 5.63 Å². The summed E-state index contributed by atoms with van der Waals surface area (Å²) in [5.41, 5.74) is 10.9. The van der Waals surface area contributed by atoms with Gasteiger partial charge in [-0.3, -0.25) is 4.90 Å². The molecular weight excluding hydrogens is 438 g/mol. The first-order chi connectivity index (χ1) is 17.1. The van der Waals surface area contributed by atoms with Gasteiger partial charge in [0.1, 0.15) is 5.58 Å². The number of rotatable bonds is 8. The van der Waals surface area contributed by atoms with Crippen molar-refractivity contribution in [2.45, 2.75) is 25.7 Å². The second kappa shape index (κ2) is 10.3. The number of H-pyrrole nitrogens is 1. The van der Waals surface area contributed by atoms with Gasteiger partial charge in [-0.2, -0.15) is 5.26 Å². The molecule has 3 heterocycles. The summed E-state index contributed by atoms with van der Waals surface area (Å²) in [5, 5.41) is 11.3. The minimum absolute atomic E-state index is 0.291. The van der Waals surface area contributed by atoms with Crippen LogP contribution in [0.4, 0.5) is 5.69 Å². The van der Waals surface area contributed by atoms with E-state index in [1.165, 1.54) is 16.6 Å². The summed E-state index contributed by atoms with van der Waals surface area (Å²) in [6, 6.07) is 16.0. The van der Waals surface area contributed by atoms with Crippen LogP contribution in [0.2, 0.25) is 0 Å². The molecule has 2 aromatic heterocycles. The summed E-state index contributed by atoms with van der Waals surface area (Å²) in [6.45, 7) is 5.58. The van der Waals surface area contributed by atoms with Crippen molar-refractivity contribution in [1.82, 2.24) is 9.88 Å². The fourth-order valence-corrected chi connectivity index (χ4v) is 5.02. The summed E-state index contributed by atoms with van der Waals surface area (Å²) < 4.78 is 5.47. The van der Waals surface area contributed by atoms with Gasteiger partial charge in [0.05, 0.1) is 11.6 Å². The average molecular weight is 470 g/mol. The SMILES string of the molecule is N#Cc1ccc2[nH]cc(CCCCN3CCN(c4ccc5oc(=O)c(CCN)cc5c4)CC3)c2c1. The van der Waals surface area contributed by atoms with E-state index >= 15 is 0 Å². The summed E-state index contributed by atoms with van der Waals surface area (Å²) in [7, 11) is 0. The second-order valence-corrected chi connectivity index (χ2v) is 9.29. The van der Waals surface area contributed by atoms with Gasteiger partial charge < -0.3 is 20.0 Å². The van der Waals surface area contributed by atoms with Gasteiger partial charge in [0.15, 0.2) is 0 Å². The number of nitriles is 1. The molecule has 3 N–H and O–H groups in total. The Morgan fingerprint density at radius 1 is 1.00 bits per heavy atom. The summed E-state index contributed by atoms with van der Waals surface area (Å²) in [4.78, 5) is 20.3. The minimum Gasteiger partial charge on any atom is -0.423 e. The molecule has 0 radical (unpaired) electrons. The number of aryl methyl sites for hydroxylation is 1. The molecule has 180 valence electrons. The van der Waals surface area contributed by atoms with Crippen molar-refractivity contribution in [1.29, 1.82) is 5.26 Å². The van der Waals surface area contributed by atoms with Crippen molar-refractivity contribution in [2.24, 2.45) is 5.73 Å². The molecule has 2 aromatic carbocycles. The number of nitrogens with zero attached hydrogens (tertiary/aromatic N) is 3. The molecule has 0 atom stereocenters. The number of benzene rings is 2. The van der Waals surface area contributed by atoms with E-state index < -0.39 is 0 Å². The highest BCUT2D eigenvalue weighted by Gasteiger charge is 2.18. The molecule has 5 rings (SSSR count). The van der Waals surface area contributed by atoms with Crippen LogP contribution in [-0.4, -0.2) is 49.2 Å². The highest BCUT2D eigenvalue weighted by molar-refractivity contribution is 5.84. The van der Waals surface area contributed by atoms with E-state index in [2.05, 4.69) is 33.1 Å². The standard InChI is InChI=1S/C28H31N5O2/c29-9-8-21-16-23-17-24(5-7-27(23)35-28(21)34)33-13-11-32(12-14-33)10-2-1-3-22-19-31-26-6-4-20(18-30)15-25(22)26/h4-7,15-17,19,31H,1-3,8-14,29H2. The number of aromatic amines is 1. The van der Waals surface area contributed by atoms with Crippen LogP contribution in [0, 0.1) is 11.3 Å². The molecular formula is C28H31N5O2. The quantitative estimate of drug-likeness (QED) is 0.301. The smallest absolute Gasteiger partial charge is 0.339 e. The molecule has 7 nitrogen and oxygen atoms in total. The maximum atomic E-state index is 12.1. The van der Waals surface area contributed by atoms with Crippen LogP contribution in [0.1, 0.15) is 29.5 Å². The van der Waals surface area contributed by atoms with Crippen LogP contribution in [0.15, 0.2) is 57.9 Å². The third-order valence-corrected chi connectivity index (χ3v) is 7.01. The van der Waals surface area contributed by atoms with Crippen molar-refractivity contribution in [3.05, 3.63) is 75.8 Å². The van der Waals surface area contributed by atoms with Crippen molar-refractivity contribution in [3.8, 4) is 6.07 Å². The Bertz CT molecular complexity index is 1420. The number of piperazine rings is 1. The fourth-order valence-electron chi connectivity index (χ4n) is 5.02. The number of fused-ring (bicyclic) bond motifs is 2. The first-order valence-corrected chi connectivity index (χ1v) is 12.4. The normalized spacial score (nSPS) is 14.6. The number of unbranched alkanes of at least 4 members (excludes halogenated alkanes) is 1. The van der Waals surface area contributed by atoms with Crippen molar-refractivity contribution < 1.29 is 4.42 Å². The summed E-state index contributed by atoms with van der Waals surface area (Å²) >= 11 is 0. The molecule has 1 saturated heterocycles. The maximum Gasteiger partial charge on any atom is 0.339 e. The van der Waals surface area contributed by atoms with Gasteiger partial charge in [-0.05, 0) is 86.8 Å². The number of nitrogens with two attached hydrogens (primary N) is 1. The van der Waals surface area contributed by atoms with E-state index in [9.17, 15) is 10.1 Å². The Balaban J connectivity index is 1.13. The Morgan fingerprint density at radius 3 is 2.66 bits per heavy atom. The van der Waals surface area contributed by atoms with Crippen LogP contribution in [0.25, 0.3) is 21.9 Å². The molecule has 35 heavy (non-hydrogen) atoms. The highest BCUT2D eigenvalue weighted by atomic mass is 16.4. The maximum absolute atomic E-state index is 12.1. The number of hydrogen-bond donors (Lipinski definition) is 2. The first kappa shape index (κ1) is 23.2. The van der Waals surface area contributed by atoms with Crippen LogP contribution < -0.4 is 16.3 Å². The van der Waals surface area contributed by atoms with Gasteiger partial charge in [0.25, 0.3) is 0 Å². The van der Waals surface area contributed by atoms with Crippen LogP contribution >= 0.6 is 0 Å². The lowest BCUT2D eigenvalue weighted by atomic mass is 10.0. The zero-order valence-corrected chi connectivity index (χ0v) is 19.9. The molecule has 0 amide bonds. The fraction of sp³-hybridized carbons (Fsp3) is 0.357. The third kappa shape index (κ3) is 5.09. The van der Waals surface area contributed by atoms with Crippen molar-refractivity contribution in [2.75, 3.05) is 44.2 Å². The van der Waals surface area contributed by atoms with Crippen molar-refractivity contribution in [3.63, 3.8) is 0 Å². The van der Waals surface area contributed by atoms with E-state index in [0.29, 0.717) is 29.7 Å². The average Bonchev–Trinajstić information content (AvgIpc) is 3.29. The molecule has 4 aromatic rings. The molecule has 0 bridgehead atoms.